The highest BCUT2D eigenvalue weighted by Gasteiger charge is 2.47. The van der Waals surface area contributed by atoms with Gasteiger partial charge in [-0.1, -0.05) is 23.8 Å². The van der Waals surface area contributed by atoms with Crippen LogP contribution < -0.4 is 0 Å². The number of benzene rings is 1. The lowest BCUT2D eigenvalue weighted by Gasteiger charge is -2.40. The highest BCUT2D eigenvalue weighted by atomic mass is 16.7. The number of rotatable bonds is 4. The van der Waals surface area contributed by atoms with Crippen LogP contribution in [0.3, 0.4) is 0 Å². The molecule has 1 unspecified atom stereocenters. The van der Waals surface area contributed by atoms with Crippen LogP contribution in [0.4, 0.5) is 0 Å². The molecule has 2 aromatic rings. The fraction of sp³-hybridized carbons (Fsp3) is 0.421. The van der Waals surface area contributed by atoms with Crippen molar-refractivity contribution in [2.45, 2.75) is 37.4 Å². The summed E-state index contributed by atoms with van der Waals surface area (Å²) in [7, 11) is 0. The van der Waals surface area contributed by atoms with Crippen molar-refractivity contribution in [2.24, 2.45) is 0 Å². The standard InChI is InChI=1S/C19H19NO3/c1-14-2-3-17-15(10-14)11-18(17,13-20)5-6-19(22-8-9-23-19)16-4-7-21-12-16/h2-4,7,10,12H,5-6,8-9,11H2,1H3. The van der Waals surface area contributed by atoms with Crippen LogP contribution in [-0.4, -0.2) is 13.2 Å². The van der Waals surface area contributed by atoms with E-state index in [0.717, 1.165) is 17.5 Å². The van der Waals surface area contributed by atoms with E-state index in [2.05, 4.69) is 31.2 Å². The molecule has 2 heterocycles. The van der Waals surface area contributed by atoms with Crippen molar-refractivity contribution in [3.8, 4) is 6.07 Å². The molecule has 0 amide bonds. The Bertz CT molecular complexity index is 753. The number of hydrogen-bond donors (Lipinski definition) is 0. The molecule has 4 nitrogen and oxygen atoms in total. The second-order valence-electron chi connectivity index (χ2n) is 6.49. The first-order valence-corrected chi connectivity index (χ1v) is 7.99. The first kappa shape index (κ1) is 14.5. The van der Waals surface area contributed by atoms with E-state index in [1.54, 1.807) is 12.5 Å². The third-order valence-corrected chi connectivity index (χ3v) is 5.08. The van der Waals surface area contributed by atoms with Gasteiger partial charge in [-0.15, -0.1) is 0 Å². The van der Waals surface area contributed by atoms with Gasteiger partial charge in [-0.2, -0.15) is 5.26 Å². The smallest absolute Gasteiger partial charge is 0.198 e. The van der Waals surface area contributed by atoms with Gasteiger partial charge in [0.1, 0.15) is 0 Å². The lowest BCUT2D eigenvalue weighted by Crippen LogP contribution is -2.40. The molecular formula is C19H19NO3. The molecule has 118 valence electrons. The van der Waals surface area contributed by atoms with Crippen LogP contribution >= 0.6 is 0 Å². The summed E-state index contributed by atoms with van der Waals surface area (Å²) in [5, 5.41) is 9.79. The molecule has 1 aliphatic heterocycles. The van der Waals surface area contributed by atoms with Crippen molar-refractivity contribution >= 4 is 0 Å². The minimum Gasteiger partial charge on any atom is -0.472 e. The number of aryl methyl sites for hydroxylation is 1. The summed E-state index contributed by atoms with van der Waals surface area (Å²) in [6.45, 7) is 3.22. The largest absolute Gasteiger partial charge is 0.472 e. The fourth-order valence-electron chi connectivity index (χ4n) is 3.80. The minimum atomic E-state index is -0.767. The van der Waals surface area contributed by atoms with Gasteiger partial charge < -0.3 is 13.9 Å². The topological polar surface area (TPSA) is 55.4 Å². The highest BCUT2D eigenvalue weighted by molar-refractivity contribution is 5.51. The van der Waals surface area contributed by atoms with Gasteiger partial charge in [0.15, 0.2) is 5.79 Å². The van der Waals surface area contributed by atoms with E-state index in [1.165, 1.54) is 11.1 Å². The molecule has 1 aliphatic carbocycles. The van der Waals surface area contributed by atoms with Crippen LogP contribution in [0.25, 0.3) is 0 Å². The van der Waals surface area contributed by atoms with Gasteiger partial charge in [0, 0.05) is 12.0 Å². The second kappa shape index (κ2) is 5.23. The number of nitrogens with zero attached hydrogens (tertiary/aromatic N) is 1. The van der Waals surface area contributed by atoms with E-state index in [1.807, 2.05) is 6.07 Å². The molecule has 2 aliphatic rings. The molecule has 0 bridgehead atoms. The maximum atomic E-state index is 9.79. The monoisotopic (exact) mass is 309 g/mol. The van der Waals surface area contributed by atoms with Crippen molar-refractivity contribution in [3.63, 3.8) is 0 Å². The molecule has 1 atom stereocenters. The van der Waals surface area contributed by atoms with Crippen LogP contribution in [0.2, 0.25) is 0 Å². The Hall–Kier alpha value is -2.09. The van der Waals surface area contributed by atoms with Gasteiger partial charge >= 0.3 is 0 Å². The van der Waals surface area contributed by atoms with E-state index < -0.39 is 11.2 Å². The van der Waals surface area contributed by atoms with Gasteiger partial charge in [0.2, 0.25) is 0 Å². The predicted molar refractivity (Wildman–Crippen MR) is 83.7 cm³/mol. The Morgan fingerprint density at radius 2 is 2.00 bits per heavy atom. The molecule has 4 rings (SSSR count). The lowest BCUT2D eigenvalue weighted by atomic mass is 9.62. The van der Waals surface area contributed by atoms with E-state index >= 15 is 0 Å². The molecule has 1 fully saturated rings. The van der Waals surface area contributed by atoms with Crippen molar-refractivity contribution in [3.05, 3.63) is 59.0 Å². The number of fused-ring (bicyclic) bond motifs is 1. The van der Waals surface area contributed by atoms with E-state index in [9.17, 15) is 5.26 Å². The highest BCUT2D eigenvalue weighted by Crippen LogP contribution is 2.47. The first-order chi connectivity index (χ1) is 11.2. The number of furan rings is 1. The number of hydrogen-bond acceptors (Lipinski definition) is 4. The minimum absolute atomic E-state index is 0.422. The zero-order valence-electron chi connectivity index (χ0n) is 13.2. The fourth-order valence-corrected chi connectivity index (χ4v) is 3.80. The number of nitriles is 1. The molecule has 0 saturated carbocycles. The summed E-state index contributed by atoms with van der Waals surface area (Å²) >= 11 is 0. The van der Waals surface area contributed by atoms with Gasteiger partial charge in [0.25, 0.3) is 0 Å². The van der Waals surface area contributed by atoms with Crippen LogP contribution in [0.15, 0.2) is 41.2 Å². The third kappa shape index (κ3) is 2.20. The van der Waals surface area contributed by atoms with E-state index in [-0.39, 0.29) is 0 Å². The van der Waals surface area contributed by atoms with Gasteiger partial charge in [0.05, 0.1) is 37.2 Å². The average Bonchev–Trinajstić information content (AvgIpc) is 3.21. The molecule has 23 heavy (non-hydrogen) atoms. The molecule has 0 spiro atoms. The zero-order valence-corrected chi connectivity index (χ0v) is 13.2. The molecule has 1 aromatic heterocycles. The van der Waals surface area contributed by atoms with Crippen LogP contribution in [0, 0.1) is 18.3 Å². The van der Waals surface area contributed by atoms with Gasteiger partial charge in [-0.25, -0.2) is 0 Å². The summed E-state index contributed by atoms with van der Waals surface area (Å²) in [6, 6.07) is 10.8. The SMILES string of the molecule is Cc1ccc2c(c1)CC2(C#N)CCC1(c2ccoc2)OCCO1. The Balaban J connectivity index is 1.58. The summed E-state index contributed by atoms with van der Waals surface area (Å²) in [5.74, 6) is -0.767. The summed E-state index contributed by atoms with van der Waals surface area (Å²) in [6.07, 6.45) is 5.46. The predicted octanol–water partition coefficient (Wildman–Crippen LogP) is 3.59. The summed E-state index contributed by atoms with van der Waals surface area (Å²) in [5.41, 5.74) is 4.16. The molecule has 0 N–H and O–H groups in total. The summed E-state index contributed by atoms with van der Waals surface area (Å²) < 4.78 is 17.0. The molecular weight excluding hydrogens is 290 g/mol. The Labute approximate surface area is 135 Å². The van der Waals surface area contributed by atoms with Crippen molar-refractivity contribution in [1.82, 2.24) is 0 Å². The Kier molecular flexibility index (Phi) is 3.29. The Morgan fingerprint density at radius 3 is 2.65 bits per heavy atom. The van der Waals surface area contributed by atoms with Gasteiger partial charge in [-0.3, -0.25) is 0 Å². The number of ether oxygens (including phenoxy) is 2. The van der Waals surface area contributed by atoms with Crippen molar-refractivity contribution in [1.29, 1.82) is 5.26 Å². The molecule has 1 saturated heterocycles. The van der Waals surface area contributed by atoms with Crippen molar-refractivity contribution in [2.75, 3.05) is 13.2 Å². The second-order valence-corrected chi connectivity index (χ2v) is 6.49. The van der Waals surface area contributed by atoms with E-state index in [4.69, 9.17) is 13.9 Å². The third-order valence-electron chi connectivity index (χ3n) is 5.08. The molecule has 1 aromatic carbocycles. The Morgan fingerprint density at radius 1 is 1.17 bits per heavy atom. The lowest BCUT2D eigenvalue weighted by molar-refractivity contribution is -0.173. The zero-order chi connectivity index (χ0) is 15.9. The molecule has 0 radical (unpaired) electrons. The normalized spacial score (nSPS) is 24.7. The average molecular weight is 309 g/mol. The van der Waals surface area contributed by atoms with Crippen LogP contribution in [-0.2, 0) is 27.1 Å². The van der Waals surface area contributed by atoms with Gasteiger partial charge in [-0.05, 0) is 37.0 Å². The van der Waals surface area contributed by atoms with Crippen molar-refractivity contribution < 1.29 is 13.9 Å². The van der Waals surface area contributed by atoms with Crippen LogP contribution in [0.5, 0.6) is 0 Å². The van der Waals surface area contributed by atoms with Crippen LogP contribution in [0.1, 0.15) is 35.1 Å². The quantitative estimate of drug-likeness (QED) is 0.866. The molecule has 4 heteroatoms. The maximum Gasteiger partial charge on any atom is 0.198 e. The maximum absolute atomic E-state index is 9.79. The summed E-state index contributed by atoms with van der Waals surface area (Å²) in [4.78, 5) is 0. The van der Waals surface area contributed by atoms with E-state index in [0.29, 0.717) is 26.1 Å². The first-order valence-electron chi connectivity index (χ1n) is 7.99.